The normalized spacial score (nSPS) is 12.1. The summed E-state index contributed by atoms with van der Waals surface area (Å²) in [5.41, 5.74) is 0.818. The van der Waals surface area contributed by atoms with Crippen molar-refractivity contribution in [2.45, 2.75) is 44.7 Å². The van der Waals surface area contributed by atoms with Crippen molar-refractivity contribution in [2.75, 3.05) is 24.5 Å². The molecule has 0 radical (unpaired) electrons. The Labute approximate surface area is 262 Å². The van der Waals surface area contributed by atoms with Crippen LogP contribution in [0.25, 0.3) is 0 Å². The Kier molecular flexibility index (Phi) is 11.9. The van der Waals surface area contributed by atoms with Gasteiger partial charge in [-0.25, -0.2) is 8.42 Å². The third kappa shape index (κ3) is 8.53. The number of halogens is 3. The van der Waals surface area contributed by atoms with Crippen LogP contribution in [0.3, 0.4) is 0 Å². The van der Waals surface area contributed by atoms with Gasteiger partial charge in [0.05, 0.1) is 27.7 Å². The minimum atomic E-state index is -4.25. The molecule has 3 aromatic carbocycles. The molecule has 0 spiro atoms. The zero-order chi connectivity index (χ0) is 31.0. The van der Waals surface area contributed by atoms with Gasteiger partial charge in [0.25, 0.3) is 10.0 Å². The molecule has 0 aliphatic carbocycles. The largest absolute Gasteiger partial charge is 0.497 e. The number of hydrogen-bond acceptors (Lipinski definition) is 5. The predicted octanol–water partition coefficient (Wildman–Crippen LogP) is 6.43. The zero-order valence-electron chi connectivity index (χ0n) is 23.8. The highest BCUT2D eigenvalue weighted by molar-refractivity contribution is 7.92. The highest BCUT2D eigenvalue weighted by Crippen LogP contribution is 2.29. The second kappa shape index (κ2) is 15.0. The molecular weight excluding hydrogens is 621 g/mol. The lowest BCUT2D eigenvalue weighted by molar-refractivity contribution is -0.140. The topological polar surface area (TPSA) is 96.0 Å². The SMILES string of the molecule is CC[C@H](C(=O)NCC(C)C)N(Cc1ccc(Cl)c(Cl)c1)C(=O)CN(c1cccc(Cl)c1)S(=O)(=O)c1ccc(OC)cc1. The summed E-state index contributed by atoms with van der Waals surface area (Å²) in [5.74, 6) is -0.263. The number of sulfonamides is 1. The number of hydrogen-bond donors (Lipinski definition) is 1. The van der Waals surface area contributed by atoms with Crippen molar-refractivity contribution in [3.63, 3.8) is 0 Å². The third-order valence-corrected chi connectivity index (χ3v) is 9.19. The van der Waals surface area contributed by atoms with Crippen LogP contribution in [-0.4, -0.2) is 51.4 Å². The van der Waals surface area contributed by atoms with E-state index < -0.39 is 28.5 Å². The van der Waals surface area contributed by atoms with Gasteiger partial charge in [-0.2, -0.15) is 0 Å². The second-order valence-electron chi connectivity index (χ2n) is 10.0. The number of carbonyl (C=O) groups excluding carboxylic acids is 2. The lowest BCUT2D eigenvalue weighted by atomic mass is 10.1. The van der Waals surface area contributed by atoms with Gasteiger partial charge in [-0.1, -0.05) is 67.7 Å². The van der Waals surface area contributed by atoms with Gasteiger partial charge in [0.1, 0.15) is 18.3 Å². The molecule has 42 heavy (non-hydrogen) atoms. The summed E-state index contributed by atoms with van der Waals surface area (Å²) in [7, 11) is -2.77. The Morgan fingerprint density at radius 3 is 2.21 bits per heavy atom. The molecule has 1 atom stereocenters. The predicted molar refractivity (Wildman–Crippen MR) is 168 cm³/mol. The van der Waals surface area contributed by atoms with E-state index >= 15 is 0 Å². The standard InChI is InChI=1S/C30H34Cl3N3O5S/c1-5-28(30(38)34-17-20(2)3)35(18-21-9-14-26(32)27(33)15-21)29(37)19-36(23-8-6-7-22(31)16-23)42(39,40)25-12-10-24(41-4)11-13-25/h6-16,20,28H,5,17-19H2,1-4H3,(H,34,38)/t28-/m1/s1. The number of anilines is 1. The molecule has 0 aromatic heterocycles. The number of rotatable bonds is 13. The molecule has 0 unspecified atom stereocenters. The molecule has 1 N–H and O–H groups in total. The van der Waals surface area contributed by atoms with Crippen LogP contribution < -0.4 is 14.4 Å². The average Bonchev–Trinajstić information content (AvgIpc) is 2.96. The smallest absolute Gasteiger partial charge is 0.264 e. The zero-order valence-corrected chi connectivity index (χ0v) is 26.9. The van der Waals surface area contributed by atoms with Crippen molar-refractivity contribution in [3.8, 4) is 5.75 Å². The van der Waals surface area contributed by atoms with Crippen LogP contribution in [0.15, 0.2) is 71.6 Å². The Hall–Kier alpha value is -2.98. The van der Waals surface area contributed by atoms with Gasteiger partial charge in [-0.15, -0.1) is 0 Å². The van der Waals surface area contributed by atoms with E-state index in [1.54, 1.807) is 43.3 Å². The van der Waals surface area contributed by atoms with Crippen molar-refractivity contribution in [1.82, 2.24) is 10.2 Å². The number of methoxy groups -OCH3 is 1. The maximum Gasteiger partial charge on any atom is 0.264 e. The van der Waals surface area contributed by atoms with E-state index in [0.717, 1.165) is 4.31 Å². The molecule has 0 aliphatic rings. The van der Waals surface area contributed by atoms with Crippen molar-refractivity contribution in [3.05, 3.63) is 87.4 Å². The fraction of sp³-hybridized carbons (Fsp3) is 0.333. The highest BCUT2D eigenvalue weighted by Gasteiger charge is 2.34. The molecule has 0 fully saturated rings. The number of nitrogens with one attached hydrogen (secondary N) is 1. The Balaban J connectivity index is 2.06. The first kappa shape index (κ1) is 33.5. The molecule has 226 valence electrons. The lowest BCUT2D eigenvalue weighted by Crippen LogP contribution is -2.52. The molecule has 2 amide bonds. The fourth-order valence-corrected chi connectivity index (χ4v) is 6.12. The van der Waals surface area contributed by atoms with Gasteiger partial charge < -0.3 is 15.0 Å². The molecule has 8 nitrogen and oxygen atoms in total. The maximum absolute atomic E-state index is 14.1. The number of carbonyl (C=O) groups is 2. The van der Waals surface area contributed by atoms with E-state index in [-0.39, 0.29) is 29.0 Å². The monoisotopic (exact) mass is 653 g/mol. The van der Waals surface area contributed by atoms with Crippen molar-refractivity contribution in [1.29, 1.82) is 0 Å². The highest BCUT2D eigenvalue weighted by atomic mass is 35.5. The molecule has 0 heterocycles. The third-order valence-electron chi connectivity index (χ3n) is 6.43. The number of amides is 2. The summed E-state index contributed by atoms with van der Waals surface area (Å²) >= 11 is 18.6. The molecule has 12 heteroatoms. The first-order valence-electron chi connectivity index (χ1n) is 13.3. The van der Waals surface area contributed by atoms with Gasteiger partial charge in [0.2, 0.25) is 11.8 Å². The Bertz CT molecular complexity index is 1500. The lowest BCUT2D eigenvalue weighted by Gasteiger charge is -2.33. The Morgan fingerprint density at radius 1 is 0.952 bits per heavy atom. The maximum atomic E-state index is 14.1. The number of ether oxygens (including phenoxy) is 1. The second-order valence-corrected chi connectivity index (χ2v) is 13.1. The molecule has 0 saturated heterocycles. The number of nitrogens with zero attached hydrogens (tertiary/aromatic N) is 2. The van der Waals surface area contributed by atoms with Crippen LogP contribution in [0.5, 0.6) is 5.75 Å². The van der Waals surface area contributed by atoms with E-state index in [1.807, 2.05) is 13.8 Å². The van der Waals surface area contributed by atoms with Crippen molar-refractivity contribution >= 4 is 62.3 Å². The van der Waals surface area contributed by atoms with Gasteiger partial charge in [-0.05, 0) is 72.5 Å². The quantitative estimate of drug-likeness (QED) is 0.229. The summed E-state index contributed by atoms with van der Waals surface area (Å²) in [5, 5.41) is 3.82. The molecule has 0 saturated carbocycles. The molecule has 0 aliphatic heterocycles. The molecule has 3 rings (SSSR count). The first-order valence-corrected chi connectivity index (χ1v) is 15.9. The minimum Gasteiger partial charge on any atom is -0.497 e. The summed E-state index contributed by atoms with van der Waals surface area (Å²) in [6, 6.07) is 16.1. The van der Waals surface area contributed by atoms with E-state index in [0.29, 0.717) is 39.3 Å². The summed E-state index contributed by atoms with van der Waals surface area (Å²) in [6.07, 6.45) is 0.291. The molecular formula is C30H34Cl3N3O5S. The van der Waals surface area contributed by atoms with Crippen LogP contribution >= 0.6 is 34.8 Å². The van der Waals surface area contributed by atoms with E-state index in [4.69, 9.17) is 39.5 Å². The van der Waals surface area contributed by atoms with E-state index in [2.05, 4.69) is 5.32 Å². The van der Waals surface area contributed by atoms with Crippen molar-refractivity contribution < 1.29 is 22.7 Å². The molecule has 0 bridgehead atoms. The van der Waals surface area contributed by atoms with Crippen LogP contribution in [0.1, 0.15) is 32.8 Å². The summed E-state index contributed by atoms with van der Waals surface area (Å²) < 4.78 is 34.1. The number of benzene rings is 3. The summed E-state index contributed by atoms with van der Waals surface area (Å²) in [6.45, 7) is 5.54. The van der Waals surface area contributed by atoms with Gasteiger partial charge in [0, 0.05) is 18.1 Å². The van der Waals surface area contributed by atoms with Gasteiger partial charge in [0.15, 0.2) is 0 Å². The summed E-state index contributed by atoms with van der Waals surface area (Å²) in [4.78, 5) is 28.7. The van der Waals surface area contributed by atoms with Gasteiger partial charge >= 0.3 is 0 Å². The van der Waals surface area contributed by atoms with Crippen LogP contribution in [0.4, 0.5) is 5.69 Å². The average molecular weight is 655 g/mol. The van der Waals surface area contributed by atoms with Crippen LogP contribution in [-0.2, 0) is 26.2 Å². The molecule has 3 aromatic rings. The van der Waals surface area contributed by atoms with Crippen LogP contribution in [0, 0.1) is 5.92 Å². The first-order chi connectivity index (χ1) is 19.9. The fourth-order valence-electron chi connectivity index (χ4n) is 4.21. The van der Waals surface area contributed by atoms with Gasteiger partial charge in [-0.3, -0.25) is 13.9 Å². The Morgan fingerprint density at radius 2 is 1.64 bits per heavy atom. The van der Waals surface area contributed by atoms with Crippen molar-refractivity contribution in [2.24, 2.45) is 5.92 Å². The van der Waals surface area contributed by atoms with E-state index in [1.165, 1.54) is 42.3 Å². The van der Waals surface area contributed by atoms with E-state index in [9.17, 15) is 18.0 Å². The van der Waals surface area contributed by atoms with Crippen LogP contribution in [0.2, 0.25) is 15.1 Å². The minimum absolute atomic E-state index is 0.00467.